The third-order valence-electron chi connectivity index (χ3n) is 6.45. The van der Waals surface area contributed by atoms with Gasteiger partial charge in [0.25, 0.3) is 0 Å². The monoisotopic (exact) mass is 400 g/mol. The average Bonchev–Trinajstić information content (AvgIpc) is 2.79. The molecule has 0 fully saturated rings. The van der Waals surface area contributed by atoms with Gasteiger partial charge in [-0.15, -0.1) is 0 Å². The van der Waals surface area contributed by atoms with Crippen molar-refractivity contribution in [2.24, 2.45) is 5.92 Å². The Morgan fingerprint density at radius 3 is 2.80 bits per heavy atom. The van der Waals surface area contributed by atoms with E-state index in [-0.39, 0.29) is 12.0 Å². The van der Waals surface area contributed by atoms with E-state index in [2.05, 4.69) is 61.5 Å². The molecule has 154 valence electrons. The van der Waals surface area contributed by atoms with Gasteiger partial charge in [0.1, 0.15) is 11.9 Å². The predicted molar refractivity (Wildman–Crippen MR) is 121 cm³/mol. The SMILES string of the molecule is CCCCCC1C=C2c3ccccc3C=CC2OC12OC=Cc1ccc(OC)cc12. The summed E-state index contributed by atoms with van der Waals surface area (Å²) in [5.41, 5.74) is 5.94. The second-order valence-corrected chi connectivity index (χ2v) is 8.25. The number of rotatable bonds is 5. The van der Waals surface area contributed by atoms with E-state index in [9.17, 15) is 0 Å². The molecule has 0 amide bonds. The third kappa shape index (κ3) is 3.09. The topological polar surface area (TPSA) is 27.7 Å². The van der Waals surface area contributed by atoms with Crippen LogP contribution in [0.1, 0.15) is 54.9 Å². The van der Waals surface area contributed by atoms with Crippen molar-refractivity contribution in [1.29, 1.82) is 0 Å². The smallest absolute Gasteiger partial charge is 0.244 e. The van der Waals surface area contributed by atoms with Crippen molar-refractivity contribution in [3.63, 3.8) is 0 Å². The van der Waals surface area contributed by atoms with E-state index in [1.54, 1.807) is 13.4 Å². The molecular weight excluding hydrogens is 372 g/mol. The lowest BCUT2D eigenvalue weighted by atomic mass is 9.77. The molecule has 2 aromatic rings. The second kappa shape index (κ2) is 7.81. The Balaban J connectivity index is 1.64. The quantitative estimate of drug-likeness (QED) is 0.532. The van der Waals surface area contributed by atoms with Gasteiger partial charge in [0.15, 0.2) is 0 Å². The molecule has 0 aromatic heterocycles. The molecule has 2 aliphatic heterocycles. The Bertz CT molecular complexity index is 1030. The lowest BCUT2D eigenvalue weighted by Crippen LogP contribution is -2.46. The predicted octanol–water partition coefficient (Wildman–Crippen LogP) is 6.55. The summed E-state index contributed by atoms with van der Waals surface area (Å²) in [4.78, 5) is 0. The Labute approximate surface area is 178 Å². The first-order valence-corrected chi connectivity index (χ1v) is 10.9. The summed E-state index contributed by atoms with van der Waals surface area (Å²) in [5, 5.41) is 0. The molecule has 0 bridgehead atoms. The first kappa shape index (κ1) is 19.2. The van der Waals surface area contributed by atoms with Gasteiger partial charge in [-0.05, 0) is 46.9 Å². The van der Waals surface area contributed by atoms with E-state index in [0.29, 0.717) is 0 Å². The van der Waals surface area contributed by atoms with E-state index >= 15 is 0 Å². The molecule has 0 N–H and O–H groups in total. The fourth-order valence-corrected chi connectivity index (χ4v) is 4.89. The minimum Gasteiger partial charge on any atom is -0.497 e. The van der Waals surface area contributed by atoms with Crippen molar-refractivity contribution in [3.8, 4) is 5.75 Å². The van der Waals surface area contributed by atoms with Crippen LogP contribution < -0.4 is 4.74 Å². The highest BCUT2D eigenvalue weighted by molar-refractivity contribution is 5.83. The second-order valence-electron chi connectivity index (χ2n) is 8.25. The van der Waals surface area contributed by atoms with Crippen LogP contribution in [0.25, 0.3) is 17.7 Å². The molecule has 3 nitrogen and oxygen atoms in total. The van der Waals surface area contributed by atoms with Gasteiger partial charge in [0, 0.05) is 11.5 Å². The highest BCUT2D eigenvalue weighted by Crippen LogP contribution is 2.51. The standard InChI is InChI=1S/C27H28O3/c1-3-4-5-9-21-17-24-23-10-7-6-8-19(23)12-14-26(24)30-27(21)25-18-22(28-2)13-11-20(25)15-16-29-27/h6-8,10-18,21,26H,3-5,9H2,1-2H3. The first-order chi connectivity index (χ1) is 14.7. The van der Waals surface area contributed by atoms with E-state index in [1.807, 2.05) is 12.1 Å². The van der Waals surface area contributed by atoms with Crippen LogP contribution in [0.15, 0.2) is 60.9 Å². The molecule has 30 heavy (non-hydrogen) atoms. The summed E-state index contributed by atoms with van der Waals surface area (Å²) in [6.45, 7) is 2.24. The molecular formula is C27H28O3. The fraction of sp³-hybridized carbons (Fsp3) is 0.333. The highest BCUT2D eigenvalue weighted by Gasteiger charge is 2.50. The van der Waals surface area contributed by atoms with Crippen LogP contribution in [-0.2, 0) is 15.3 Å². The molecule has 0 radical (unpaired) electrons. The van der Waals surface area contributed by atoms with Crippen molar-refractivity contribution in [2.75, 3.05) is 7.11 Å². The number of fused-ring (bicyclic) bond motifs is 5. The van der Waals surface area contributed by atoms with Crippen LogP contribution >= 0.6 is 0 Å². The van der Waals surface area contributed by atoms with Crippen LogP contribution in [0, 0.1) is 5.92 Å². The highest BCUT2D eigenvalue weighted by atomic mass is 16.7. The lowest BCUT2D eigenvalue weighted by molar-refractivity contribution is -0.255. The molecule has 0 saturated heterocycles. The van der Waals surface area contributed by atoms with E-state index in [1.165, 1.54) is 29.5 Å². The maximum absolute atomic E-state index is 6.86. The van der Waals surface area contributed by atoms with Crippen molar-refractivity contribution in [1.82, 2.24) is 0 Å². The minimum atomic E-state index is -0.836. The molecule has 3 unspecified atom stereocenters. The maximum atomic E-state index is 6.86. The number of benzene rings is 2. The van der Waals surface area contributed by atoms with Crippen LogP contribution in [0.4, 0.5) is 0 Å². The zero-order valence-electron chi connectivity index (χ0n) is 17.6. The number of hydrogen-bond donors (Lipinski definition) is 0. The largest absolute Gasteiger partial charge is 0.497 e. The molecule has 2 aromatic carbocycles. The first-order valence-electron chi connectivity index (χ1n) is 10.9. The Morgan fingerprint density at radius 1 is 1.03 bits per heavy atom. The van der Waals surface area contributed by atoms with Gasteiger partial charge in [0.2, 0.25) is 5.79 Å². The van der Waals surface area contributed by atoms with Gasteiger partial charge in [-0.3, -0.25) is 0 Å². The summed E-state index contributed by atoms with van der Waals surface area (Å²) < 4.78 is 18.8. The molecule has 0 saturated carbocycles. The van der Waals surface area contributed by atoms with Gasteiger partial charge >= 0.3 is 0 Å². The normalized spacial score (nSPS) is 25.7. The number of hydrogen-bond acceptors (Lipinski definition) is 3. The summed E-state index contributed by atoms with van der Waals surface area (Å²) >= 11 is 0. The van der Waals surface area contributed by atoms with Gasteiger partial charge in [-0.2, -0.15) is 0 Å². The summed E-state index contributed by atoms with van der Waals surface area (Å²) in [5.74, 6) is 0.102. The number of unbranched alkanes of at least 4 members (excludes halogenated alkanes) is 2. The lowest BCUT2D eigenvalue weighted by Gasteiger charge is -2.47. The van der Waals surface area contributed by atoms with Crippen molar-refractivity contribution >= 4 is 17.7 Å². The molecule has 2 heterocycles. The Hall–Kier alpha value is -2.78. The van der Waals surface area contributed by atoms with Crippen LogP contribution in [0.5, 0.6) is 5.75 Å². The van der Waals surface area contributed by atoms with Gasteiger partial charge in [0.05, 0.1) is 13.4 Å². The van der Waals surface area contributed by atoms with Crippen LogP contribution in [-0.4, -0.2) is 13.2 Å². The molecule has 3 aliphatic rings. The average molecular weight is 401 g/mol. The van der Waals surface area contributed by atoms with Crippen molar-refractivity contribution in [2.45, 2.75) is 44.5 Å². The molecule has 3 heteroatoms. The summed E-state index contributed by atoms with van der Waals surface area (Å²) in [6.07, 6.45) is 15.0. The van der Waals surface area contributed by atoms with E-state index in [4.69, 9.17) is 14.2 Å². The van der Waals surface area contributed by atoms with E-state index in [0.717, 1.165) is 29.7 Å². The zero-order chi connectivity index (χ0) is 20.6. The minimum absolute atomic E-state index is 0.116. The summed E-state index contributed by atoms with van der Waals surface area (Å²) in [6, 6.07) is 14.7. The van der Waals surface area contributed by atoms with Crippen molar-refractivity contribution in [3.05, 3.63) is 83.1 Å². The Morgan fingerprint density at radius 2 is 1.93 bits per heavy atom. The molecule has 1 aliphatic carbocycles. The van der Waals surface area contributed by atoms with E-state index < -0.39 is 5.79 Å². The fourth-order valence-electron chi connectivity index (χ4n) is 4.89. The van der Waals surface area contributed by atoms with Crippen LogP contribution in [0.3, 0.4) is 0 Å². The van der Waals surface area contributed by atoms with Gasteiger partial charge in [-0.1, -0.05) is 74.7 Å². The van der Waals surface area contributed by atoms with Gasteiger partial charge < -0.3 is 14.2 Å². The Kier molecular flexibility index (Phi) is 5.00. The number of ether oxygens (including phenoxy) is 3. The number of methoxy groups -OCH3 is 1. The molecule has 1 spiro atoms. The zero-order valence-corrected chi connectivity index (χ0v) is 17.6. The van der Waals surface area contributed by atoms with Crippen molar-refractivity contribution < 1.29 is 14.2 Å². The van der Waals surface area contributed by atoms with Gasteiger partial charge in [-0.25, -0.2) is 0 Å². The third-order valence-corrected chi connectivity index (χ3v) is 6.45. The molecule has 3 atom stereocenters. The summed E-state index contributed by atoms with van der Waals surface area (Å²) in [7, 11) is 1.70. The van der Waals surface area contributed by atoms with Crippen LogP contribution in [0.2, 0.25) is 0 Å². The maximum Gasteiger partial charge on any atom is 0.244 e. The molecule has 5 rings (SSSR count).